The zero-order valence-electron chi connectivity index (χ0n) is 14.9. The van der Waals surface area contributed by atoms with Crippen LogP contribution in [0.1, 0.15) is 20.7 Å². The Labute approximate surface area is 157 Å². The Morgan fingerprint density at radius 1 is 0.704 bits per heavy atom. The standard InChI is InChI=1S/C22H20N2O3/c25-21(17-7-2-1-3-8-17)23-12-14-24(15-13-23)22(26)19-10-5-4-9-18(19)20-11-6-16-27-20/h1-11,16H,12-15H2. The Bertz CT molecular complexity index is 927. The summed E-state index contributed by atoms with van der Waals surface area (Å²) in [4.78, 5) is 29.2. The molecule has 0 saturated carbocycles. The first-order valence-corrected chi connectivity index (χ1v) is 9.00. The van der Waals surface area contributed by atoms with E-state index in [0.29, 0.717) is 43.1 Å². The second-order valence-electron chi connectivity index (χ2n) is 6.47. The molecule has 1 aromatic heterocycles. The molecule has 4 rings (SSSR count). The highest BCUT2D eigenvalue weighted by atomic mass is 16.3. The van der Waals surface area contributed by atoms with Crippen LogP contribution < -0.4 is 0 Å². The minimum absolute atomic E-state index is 0.0127. The van der Waals surface area contributed by atoms with Gasteiger partial charge in [-0.05, 0) is 30.3 Å². The zero-order valence-corrected chi connectivity index (χ0v) is 14.9. The zero-order chi connectivity index (χ0) is 18.6. The Morgan fingerprint density at radius 2 is 1.33 bits per heavy atom. The molecule has 27 heavy (non-hydrogen) atoms. The van der Waals surface area contributed by atoms with E-state index in [1.54, 1.807) is 16.1 Å². The van der Waals surface area contributed by atoms with Gasteiger partial charge >= 0.3 is 0 Å². The maximum Gasteiger partial charge on any atom is 0.254 e. The first kappa shape index (κ1) is 17.1. The highest BCUT2D eigenvalue weighted by Gasteiger charge is 2.27. The van der Waals surface area contributed by atoms with E-state index in [1.165, 1.54) is 0 Å². The molecule has 5 nitrogen and oxygen atoms in total. The van der Waals surface area contributed by atoms with Crippen molar-refractivity contribution in [1.29, 1.82) is 0 Å². The average molecular weight is 360 g/mol. The quantitative estimate of drug-likeness (QED) is 0.718. The number of amides is 2. The Kier molecular flexibility index (Phi) is 4.75. The number of piperazine rings is 1. The summed E-state index contributed by atoms with van der Waals surface area (Å²) < 4.78 is 5.47. The van der Waals surface area contributed by atoms with E-state index in [2.05, 4.69) is 0 Å². The van der Waals surface area contributed by atoms with Crippen LogP contribution in [0, 0.1) is 0 Å². The Hall–Kier alpha value is -3.34. The number of rotatable bonds is 3. The monoisotopic (exact) mass is 360 g/mol. The lowest BCUT2D eigenvalue weighted by Gasteiger charge is -2.35. The van der Waals surface area contributed by atoms with Gasteiger partial charge in [0, 0.05) is 37.3 Å². The maximum atomic E-state index is 13.0. The van der Waals surface area contributed by atoms with Gasteiger partial charge in [-0.25, -0.2) is 0 Å². The predicted molar refractivity (Wildman–Crippen MR) is 102 cm³/mol. The number of hydrogen-bond donors (Lipinski definition) is 0. The third kappa shape index (κ3) is 3.49. The fourth-order valence-electron chi connectivity index (χ4n) is 3.36. The van der Waals surface area contributed by atoms with Crippen molar-refractivity contribution >= 4 is 11.8 Å². The number of hydrogen-bond acceptors (Lipinski definition) is 3. The normalized spacial score (nSPS) is 14.2. The van der Waals surface area contributed by atoms with Crippen molar-refractivity contribution in [3.8, 4) is 11.3 Å². The van der Waals surface area contributed by atoms with Crippen molar-refractivity contribution in [3.05, 3.63) is 84.1 Å². The van der Waals surface area contributed by atoms with Crippen molar-refractivity contribution in [1.82, 2.24) is 9.80 Å². The van der Waals surface area contributed by atoms with E-state index in [-0.39, 0.29) is 11.8 Å². The van der Waals surface area contributed by atoms with Crippen molar-refractivity contribution in [2.75, 3.05) is 26.2 Å². The van der Waals surface area contributed by atoms with Gasteiger partial charge in [-0.2, -0.15) is 0 Å². The second kappa shape index (κ2) is 7.50. The highest BCUT2D eigenvalue weighted by Crippen LogP contribution is 2.25. The first-order chi connectivity index (χ1) is 13.2. The minimum Gasteiger partial charge on any atom is -0.464 e. The largest absolute Gasteiger partial charge is 0.464 e. The van der Waals surface area contributed by atoms with Crippen LogP contribution >= 0.6 is 0 Å². The van der Waals surface area contributed by atoms with Gasteiger partial charge in [-0.1, -0.05) is 36.4 Å². The van der Waals surface area contributed by atoms with E-state index in [0.717, 1.165) is 5.56 Å². The van der Waals surface area contributed by atoms with E-state index >= 15 is 0 Å². The van der Waals surface area contributed by atoms with Gasteiger partial charge in [-0.3, -0.25) is 9.59 Å². The van der Waals surface area contributed by atoms with Crippen LogP contribution in [-0.4, -0.2) is 47.8 Å². The van der Waals surface area contributed by atoms with Crippen molar-refractivity contribution in [2.24, 2.45) is 0 Å². The van der Waals surface area contributed by atoms with Crippen LogP contribution in [0.25, 0.3) is 11.3 Å². The third-order valence-corrected chi connectivity index (χ3v) is 4.82. The van der Waals surface area contributed by atoms with Crippen molar-refractivity contribution in [2.45, 2.75) is 0 Å². The molecule has 136 valence electrons. The summed E-state index contributed by atoms with van der Waals surface area (Å²) in [6.07, 6.45) is 1.60. The average Bonchev–Trinajstić information content (AvgIpc) is 3.28. The van der Waals surface area contributed by atoms with Crippen LogP contribution in [0.15, 0.2) is 77.4 Å². The lowest BCUT2D eigenvalue weighted by atomic mass is 10.0. The van der Waals surface area contributed by atoms with E-state index in [4.69, 9.17) is 4.42 Å². The summed E-state index contributed by atoms with van der Waals surface area (Å²) in [6.45, 7) is 2.10. The van der Waals surface area contributed by atoms with Gasteiger partial charge in [0.15, 0.2) is 0 Å². The van der Waals surface area contributed by atoms with Crippen LogP contribution in [0.5, 0.6) is 0 Å². The summed E-state index contributed by atoms with van der Waals surface area (Å²) in [5.41, 5.74) is 2.09. The molecular formula is C22H20N2O3. The van der Waals surface area contributed by atoms with Crippen LogP contribution in [-0.2, 0) is 0 Å². The summed E-state index contributed by atoms with van der Waals surface area (Å²) in [6, 6.07) is 20.4. The van der Waals surface area contributed by atoms with E-state index in [9.17, 15) is 9.59 Å². The molecule has 1 saturated heterocycles. The van der Waals surface area contributed by atoms with Gasteiger partial charge in [0.25, 0.3) is 11.8 Å². The number of benzene rings is 2. The molecule has 0 aliphatic carbocycles. The third-order valence-electron chi connectivity index (χ3n) is 4.82. The molecule has 0 unspecified atom stereocenters. The molecule has 0 radical (unpaired) electrons. The lowest BCUT2D eigenvalue weighted by molar-refractivity contribution is 0.0536. The smallest absolute Gasteiger partial charge is 0.254 e. The highest BCUT2D eigenvalue weighted by molar-refractivity contribution is 6.00. The maximum absolute atomic E-state index is 13.0. The molecule has 2 heterocycles. The SMILES string of the molecule is O=C(c1ccccc1)N1CCN(C(=O)c2ccccc2-c2ccco2)CC1. The Morgan fingerprint density at radius 3 is 2.00 bits per heavy atom. The molecule has 0 atom stereocenters. The molecule has 1 aliphatic rings. The summed E-state index contributed by atoms with van der Waals surface area (Å²) >= 11 is 0. The van der Waals surface area contributed by atoms with Gasteiger partial charge in [0.2, 0.25) is 0 Å². The van der Waals surface area contributed by atoms with Gasteiger partial charge < -0.3 is 14.2 Å². The molecule has 0 N–H and O–H groups in total. The fraction of sp³-hybridized carbons (Fsp3) is 0.182. The van der Waals surface area contributed by atoms with Crippen molar-refractivity contribution in [3.63, 3.8) is 0 Å². The van der Waals surface area contributed by atoms with Gasteiger partial charge in [0.05, 0.1) is 11.8 Å². The summed E-state index contributed by atoms with van der Waals surface area (Å²) in [5.74, 6) is 0.657. The fourth-order valence-corrected chi connectivity index (χ4v) is 3.36. The topological polar surface area (TPSA) is 53.8 Å². The van der Waals surface area contributed by atoms with E-state index < -0.39 is 0 Å². The number of nitrogens with zero attached hydrogens (tertiary/aromatic N) is 2. The molecule has 0 spiro atoms. The van der Waals surface area contributed by atoms with Crippen LogP contribution in [0.2, 0.25) is 0 Å². The van der Waals surface area contributed by atoms with Crippen LogP contribution in [0.3, 0.4) is 0 Å². The van der Waals surface area contributed by atoms with E-state index in [1.807, 2.05) is 66.7 Å². The van der Waals surface area contributed by atoms with Gasteiger partial charge in [0.1, 0.15) is 5.76 Å². The molecule has 2 amide bonds. The molecule has 0 bridgehead atoms. The summed E-state index contributed by atoms with van der Waals surface area (Å²) in [5, 5.41) is 0. The first-order valence-electron chi connectivity index (χ1n) is 9.00. The number of furan rings is 1. The van der Waals surface area contributed by atoms with Gasteiger partial charge in [-0.15, -0.1) is 0 Å². The lowest BCUT2D eigenvalue weighted by Crippen LogP contribution is -2.50. The number of carbonyl (C=O) groups excluding carboxylic acids is 2. The Balaban J connectivity index is 1.46. The molecule has 1 aliphatic heterocycles. The molecule has 2 aromatic carbocycles. The molecule has 3 aromatic rings. The molecule has 5 heteroatoms. The molecule has 1 fully saturated rings. The minimum atomic E-state index is -0.0335. The predicted octanol–water partition coefficient (Wildman–Crippen LogP) is 3.54. The number of carbonyl (C=O) groups is 2. The summed E-state index contributed by atoms with van der Waals surface area (Å²) in [7, 11) is 0. The second-order valence-corrected chi connectivity index (χ2v) is 6.47. The van der Waals surface area contributed by atoms with Crippen LogP contribution in [0.4, 0.5) is 0 Å². The molecular weight excluding hydrogens is 340 g/mol. The van der Waals surface area contributed by atoms with Crippen molar-refractivity contribution < 1.29 is 14.0 Å².